The molecule has 0 spiro atoms. The fourth-order valence-corrected chi connectivity index (χ4v) is 3.04. The van der Waals surface area contributed by atoms with Crippen LogP contribution in [0.5, 0.6) is 0 Å². The molecule has 2 aromatic rings. The molecule has 0 saturated carbocycles. The third kappa shape index (κ3) is 3.30. The maximum absolute atomic E-state index is 11.5. The van der Waals surface area contributed by atoms with Gasteiger partial charge in [-0.1, -0.05) is 47.4 Å². The fourth-order valence-electron chi connectivity index (χ4n) is 2.28. The maximum Gasteiger partial charge on any atom is 0.339 e. The van der Waals surface area contributed by atoms with Gasteiger partial charge in [0.25, 0.3) is 0 Å². The lowest BCUT2D eigenvalue weighted by molar-refractivity contribution is 0.0697. The largest absolute Gasteiger partial charge is 0.478 e. The number of halogens is 2. The third-order valence-electron chi connectivity index (χ3n) is 3.47. The summed E-state index contributed by atoms with van der Waals surface area (Å²) in [7, 11) is 0. The predicted molar refractivity (Wildman–Crippen MR) is 87.0 cm³/mol. The first-order valence-corrected chi connectivity index (χ1v) is 7.92. The molecule has 4 nitrogen and oxygen atoms in total. The molecule has 0 radical (unpaired) electrons. The van der Waals surface area contributed by atoms with Gasteiger partial charge in [-0.25, -0.2) is 4.79 Å². The van der Waals surface area contributed by atoms with Gasteiger partial charge in [-0.2, -0.15) is 5.10 Å². The summed E-state index contributed by atoms with van der Waals surface area (Å²) in [4.78, 5) is 11.5. The summed E-state index contributed by atoms with van der Waals surface area (Å²) in [6.07, 6.45) is 3.38. The number of nitrogens with zero attached hydrogens (tertiary/aromatic N) is 2. The lowest BCUT2D eigenvalue weighted by Crippen LogP contribution is -2.07. The van der Waals surface area contributed by atoms with Gasteiger partial charge in [-0.05, 0) is 25.0 Å². The van der Waals surface area contributed by atoms with Crippen LogP contribution < -0.4 is 0 Å². The van der Waals surface area contributed by atoms with E-state index in [0.29, 0.717) is 16.3 Å². The molecule has 0 atom stereocenters. The van der Waals surface area contributed by atoms with Crippen LogP contribution in [0.2, 0.25) is 5.02 Å². The van der Waals surface area contributed by atoms with Crippen LogP contribution in [-0.2, 0) is 0 Å². The van der Waals surface area contributed by atoms with Crippen molar-refractivity contribution in [2.24, 2.45) is 0 Å². The van der Waals surface area contributed by atoms with Crippen LogP contribution in [0.25, 0.3) is 11.3 Å². The molecule has 0 amide bonds. The fraction of sp³-hybridized carbons (Fsp3) is 0.333. The van der Waals surface area contributed by atoms with Crippen LogP contribution in [0.4, 0.5) is 0 Å². The monoisotopic (exact) mass is 370 g/mol. The number of rotatable bonds is 5. The van der Waals surface area contributed by atoms with Crippen LogP contribution in [0, 0.1) is 0 Å². The van der Waals surface area contributed by atoms with E-state index in [4.69, 9.17) is 11.6 Å². The highest BCUT2D eigenvalue weighted by Gasteiger charge is 2.21. The second kappa shape index (κ2) is 6.62. The van der Waals surface area contributed by atoms with Crippen molar-refractivity contribution in [3.63, 3.8) is 0 Å². The van der Waals surface area contributed by atoms with Crippen molar-refractivity contribution in [2.45, 2.75) is 32.7 Å². The standard InChI is InChI=1S/C15H16BrClN2O2/c1-3-10(4-2)19-8-12(15(20)21)14(18-19)11-6-5-9(16)7-13(11)17/h5-8,10H,3-4H2,1-2H3,(H,20,21). The Labute approximate surface area is 136 Å². The van der Waals surface area contributed by atoms with Crippen molar-refractivity contribution < 1.29 is 9.90 Å². The van der Waals surface area contributed by atoms with Crippen molar-refractivity contribution in [3.8, 4) is 11.3 Å². The van der Waals surface area contributed by atoms with E-state index in [9.17, 15) is 9.90 Å². The molecule has 0 aliphatic carbocycles. The highest BCUT2D eigenvalue weighted by molar-refractivity contribution is 9.10. The molecule has 0 bridgehead atoms. The minimum atomic E-state index is -0.999. The van der Waals surface area contributed by atoms with Crippen LogP contribution in [0.3, 0.4) is 0 Å². The zero-order chi connectivity index (χ0) is 15.6. The van der Waals surface area contributed by atoms with Crippen LogP contribution in [0.1, 0.15) is 43.1 Å². The van der Waals surface area contributed by atoms with Gasteiger partial charge in [0.2, 0.25) is 0 Å². The number of hydrogen-bond donors (Lipinski definition) is 1. The van der Waals surface area contributed by atoms with E-state index in [1.807, 2.05) is 6.07 Å². The Bertz CT molecular complexity index is 666. The van der Waals surface area contributed by atoms with Crippen LogP contribution >= 0.6 is 27.5 Å². The lowest BCUT2D eigenvalue weighted by atomic mass is 10.1. The second-order valence-corrected chi connectivity index (χ2v) is 6.09. The van der Waals surface area contributed by atoms with E-state index in [-0.39, 0.29) is 11.6 Å². The summed E-state index contributed by atoms with van der Waals surface area (Å²) in [5.41, 5.74) is 1.21. The predicted octanol–water partition coefficient (Wildman–Crippen LogP) is 5.03. The highest BCUT2D eigenvalue weighted by atomic mass is 79.9. The first kappa shape index (κ1) is 16.0. The number of carboxylic acids is 1. The number of carbonyl (C=O) groups is 1. The van der Waals surface area contributed by atoms with Gasteiger partial charge >= 0.3 is 5.97 Å². The van der Waals surface area contributed by atoms with Crippen LogP contribution in [0.15, 0.2) is 28.9 Å². The molecule has 1 aromatic carbocycles. The Hall–Kier alpha value is -1.33. The van der Waals surface area contributed by atoms with Crippen molar-refractivity contribution in [2.75, 3.05) is 0 Å². The van der Waals surface area contributed by atoms with Gasteiger partial charge < -0.3 is 5.11 Å². The van der Waals surface area contributed by atoms with E-state index in [1.54, 1.807) is 23.0 Å². The highest BCUT2D eigenvalue weighted by Crippen LogP contribution is 2.32. The quantitative estimate of drug-likeness (QED) is 0.802. The summed E-state index contributed by atoms with van der Waals surface area (Å²) >= 11 is 9.57. The van der Waals surface area contributed by atoms with E-state index in [1.165, 1.54) is 0 Å². The molecule has 2 rings (SSSR count). The molecule has 0 unspecified atom stereocenters. The van der Waals surface area contributed by atoms with Crippen molar-refractivity contribution in [3.05, 3.63) is 39.5 Å². The summed E-state index contributed by atoms with van der Waals surface area (Å²) in [6.45, 7) is 4.12. The first-order chi connectivity index (χ1) is 9.97. The number of aromatic carboxylic acids is 1. The third-order valence-corrected chi connectivity index (χ3v) is 4.27. The molecule has 1 N–H and O–H groups in total. The van der Waals surface area contributed by atoms with E-state index in [0.717, 1.165) is 17.3 Å². The van der Waals surface area contributed by atoms with Gasteiger partial charge in [0, 0.05) is 16.2 Å². The first-order valence-electron chi connectivity index (χ1n) is 6.75. The normalized spacial score (nSPS) is 11.1. The van der Waals surface area contributed by atoms with Crippen molar-refractivity contribution in [1.82, 2.24) is 9.78 Å². The molecule has 1 heterocycles. The molecule has 6 heteroatoms. The summed E-state index contributed by atoms with van der Waals surface area (Å²) in [5.74, 6) is -0.999. The molecule has 1 aromatic heterocycles. The van der Waals surface area contributed by atoms with E-state index >= 15 is 0 Å². The van der Waals surface area contributed by atoms with Crippen molar-refractivity contribution >= 4 is 33.5 Å². The number of carboxylic acid groups (broad SMARTS) is 1. The smallest absolute Gasteiger partial charge is 0.339 e. The molecular formula is C15H16BrClN2O2. The van der Waals surface area contributed by atoms with E-state index in [2.05, 4.69) is 34.9 Å². The molecule has 112 valence electrons. The average Bonchev–Trinajstić information content (AvgIpc) is 2.85. The maximum atomic E-state index is 11.5. The Morgan fingerprint density at radius 3 is 2.62 bits per heavy atom. The zero-order valence-corrected chi connectivity index (χ0v) is 14.1. The summed E-state index contributed by atoms with van der Waals surface area (Å²) in [6, 6.07) is 5.52. The second-order valence-electron chi connectivity index (χ2n) is 4.77. The number of benzene rings is 1. The van der Waals surface area contributed by atoms with Crippen molar-refractivity contribution in [1.29, 1.82) is 0 Å². The number of hydrogen-bond acceptors (Lipinski definition) is 2. The van der Waals surface area contributed by atoms with Gasteiger partial charge in [-0.3, -0.25) is 4.68 Å². The minimum absolute atomic E-state index is 0.172. The molecule has 21 heavy (non-hydrogen) atoms. The molecule has 0 aliphatic heterocycles. The zero-order valence-electron chi connectivity index (χ0n) is 11.8. The topological polar surface area (TPSA) is 55.1 Å². The Morgan fingerprint density at radius 1 is 1.43 bits per heavy atom. The lowest BCUT2D eigenvalue weighted by Gasteiger charge is -2.12. The summed E-state index contributed by atoms with van der Waals surface area (Å²) < 4.78 is 2.57. The minimum Gasteiger partial charge on any atom is -0.478 e. The molecule has 0 fully saturated rings. The molecular weight excluding hydrogens is 356 g/mol. The Morgan fingerprint density at radius 2 is 2.10 bits per heavy atom. The molecule has 0 saturated heterocycles. The summed E-state index contributed by atoms with van der Waals surface area (Å²) in [5, 5.41) is 14.4. The average molecular weight is 372 g/mol. The number of aromatic nitrogens is 2. The Balaban J connectivity index is 2.58. The van der Waals surface area contributed by atoms with Crippen LogP contribution in [-0.4, -0.2) is 20.9 Å². The van der Waals surface area contributed by atoms with E-state index < -0.39 is 5.97 Å². The SMILES string of the molecule is CCC(CC)n1cc(C(=O)O)c(-c2ccc(Br)cc2Cl)n1. The van der Waals surface area contributed by atoms with Gasteiger partial charge in [0.1, 0.15) is 11.3 Å². The van der Waals surface area contributed by atoms with Gasteiger partial charge in [-0.15, -0.1) is 0 Å². The Kier molecular flexibility index (Phi) is 5.06. The van der Waals surface area contributed by atoms with Gasteiger partial charge in [0.05, 0.1) is 11.1 Å². The molecule has 0 aliphatic rings. The van der Waals surface area contributed by atoms with Gasteiger partial charge in [0.15, 0.2) is 0 Å².